The number of benzene rings is 5. The number of carboxylic acid groups (broad SMARTS) is 1. The molecule has 0 spiro atoms. The molecule has 0 aliphatic heterocycles. The highest BCUT2D eigenvalue weighted by atomic mass is 16.5. The van der Waals surface area contributed by atoms with Crippen molar-refractivity contribution in [2.24, 2.45) is 0 Å². The summed E-state index contributed by atoms with van der Waals surface area (Å²) in [5.74, 6) is -7.34. The predicted molar refractivity (Wildman–Crippen MR) is 239 cm³/mol. The van der Waals surface area contributed by atoms with Crippen molar-refractivity contribution < 1.29 is 68.5 Å². The van der Waals surface area contributed by atoms with Gasteiger partial charge in [-0.2, -0.15) is 5.26 Å². The van der Waals surface area contributed by atoms with E-state index in [4.69, 9.17) is 19.3 Å². The van der Waals surface area contributed by atoms with E-state index in [9.17, 15) is 54.5 Å². The molecule has 1 unspecified atom stereocenters. The SMILES string of the molecule is COc1c(NCC(C=O)(CC#N)NC(=O)c2ccc(NC(=O)/C(C)=C/c3ccc(O)cc3)c(OC)c2O)ccc(C(=O)Nc2ccc(C(=O)Nc3ccc(C(=O)O)cc3)c(O)c2OC)c1O. The quantitative estimate of drug-likeness (QED) is 0.0385. The first-order valence-electron chi connectivity index (χ1n) is 19.3. The number of carboxylic acids is 1. The van der Waals surface area contributed by atoms with Crippen molar-refractivity contribution in [1.82, 2.24) is 5.32 Å². The maximum atomic E-state index is 13.6. The molecule has 0 radical (unpaired) electrons. The van der Waals surface area contributed by atoms with Crippen molar-refractivity contribution in [3.8, 4) is 46.3 Å². The van der Waals surface area contributed by atoms with E-state index in [2.05, 4.69) is 26.6 Å². The van der Waals surface area contributed by atoms with Crippen LogP contribution in [0.3, 0.4) is 0 Å². The van der Waals surface area contributed by atoms with Gasteiger partial charge < -0.3 is 71.1 Å². The summed E-state index contributed by atoms with van der Waals surface area (Å²) in [5.41, 5.74) is -1.94. The maximum absolute atomic E-state index is 13.6. The standard InChI is InChI=1S/C46H42N6O14/c1-24(21-25-5-11-28(54)12-6-25)41(58)50-33-18-15-31(37(57)39(33)65-3)44(61)52-46(23-53,19-20-47)22-48-32-16-13-30(35(55)38(32)64-2)43(60)51-34-17-14-29(36(56)40(34)66-4)42(59)49-27-9-7-26(8-10-27)45(62)63/h5-18,21,23,48,54-57H,19,22H2,1-4H3,(H,49,59)(H,50,58)(H,51,60)(H,52,61)(H,62,63)/b24-21+. The van der Waals surface area contributed by atoms with Crippen LogP contribution < -0.4 is 40.8 Å². The van der Waals surface area contributed by atoms with Crippen LogP contribution in [0.15, 0.2) is 90.5 Å². The van der Waals surface area contributed by atoms with Gasteiger partial charge in [-0.25, -0.2) is 4.79 Å². The summed E-state index contributed by atoms with van der Waals surface area (Å²) in [5, 5.41) is 74.4. The number of methoxy groups -OCH3 is 3. The summed E-state index contributed by atoms with van der Waals surface area (Å²) >= 11 is 0. The van der Waals surface area contributed by atoms with Gasteiger partial charge in [-0.05, 0) is 91.4 Å². The van der Waals surface area contributed by atoms with Gasteiger partial charge in [0.15, 0.2) is 34.5 Å². The molecule has 5 aromatic rings. The smallest absolute Gasteiger partial charge is 0.335 e. The number of aromatic carboxylic acids is 1. The number of carbonyl (C=O) groups is 6. The van der Waals surface area contributed by atoms with Gasteiger partial charge in [0.05, 0.1) is 73.1 Å². The second kappa shape index (κ2) is 20.7. The zero-order chi connectivity index (χ0) is 48.3. The van der Waals surface area contributed by atoms with Crippen LogP contribution in [0.4, 0.5) is 22.7 Å². The van der Waals surface area contributed by atoms with Gasteiger partial charge in [0.2, 0.25) is 0 Å². The van der Waals surface area contributed by atoms with Crippen LogP contribution in [0.2, 0.25) is 0 Å². The Bertz CT molecular complexity index is 2780. The van der Waals surface area contributed by atoms with Crippen molar-refractivity contribution in [3.05, 3.63) is 118 Å². The Kier molecular flexibility index (Phi) is 15.0. The number of aromatic hydroxyl groups is 4. The maximum Gasteiger partial charge on any atom is 0.335 e. The lowest BCUT2D eigenvalue weighted by Crippen LogP contribution is -2.54. The van der Waals surface area contributed by atoms with Crippen LogP contribution >= 0.6 is 0 Å². The molecule has 10 N–H and O–H groups in total. The lowest BCUT2D eigenvalue weighted by Gasteiger charge is -2.28. The van der Waals surface area contributed by atoms with Gasteiger partial charge >= 0.3 is 5.97 Å². The van der Waals surface area contributed by atoms with Crippen molar-refractivity contribution in [3.63, 3.8) is 0 Å². The summed E-state index contributed by atoms with van der Waals surface area (Å²) in [7, 11) is 3.54. The molecule has 0 fully saturated rings. The number of phenolic OH excluding ortho intramolecular Hbond substituents is 4. The molecule has 5 aromatic carbocycles. The number of nitrogens with one attached hydrogen (secondary N) is 5. The zero-order valence-corrected chi connectivity index (χ0v) is 35.5. The summed E-state index contributed by atoms with van der Waals surface area (Å²) < 4.78 is 15.9. The van der Waals surface area contributed by atoms with E-state index < -0.39 is 65.4 Å². The van der Waals surface area contributed by atoms with Crippen molar-refractivity contribution in [2.75, 3.05) is 49.1 Å². The topological polar surface area (TPSA) is 315 Å². The molecule has 20 nitrogen and oxygen atoms in total. The molecule has 0 aliphatic rings. The number of ether oxygens (including phenoxy) is 3. The van der Waals surface area contributed by atoms with E-state index in [-0.39, 0.29) is 73.6 Å². The molecule has 0 aromatic heterocycles. The third-order valence-electron chi connectivity index (χ3n) is 9.84. The molecule has 66 heavy (non-hydrogen) atoms. The van der Waals surface area contributed by atoms with Gasteiger partial charge in [-0.3, -0.25) is 19.2 Å². The van der Waals surface area contributed by atoms with Gasteiger partial charge in [-0.15, -0.1) is 0 Å². The molecule has 0 aliphatic carbocycles. The molecule has 0 bridgehead atoms. The minimum Gasteiger partial charge on any atom is -0.508 e. The molecule has 0 heterocycles. The Labute approximate surface area is 375 Å². The number of hydrogen-bond donors (Lipinski definition) is 10. The average Bonchev–Trinajstić information content (AvgIpc) is 3.29. The van der Waals surface area contributed by atoms with Crippen LogP contribution in [0.25, 0.3) is 6.08 Å². The molecule has 5 rings (SSSR count). The van der Waals surface area contributed by atoms with Crippen LogP contribution in [-0.2, 0) is 9.59 Å². The van der Waals surface area contributed by atoms with E-state index >= 15 is 0 Å². The Morgan fingerprint density at radius 1 is 0.652 bits per heavy atom. The summed E-state index contributed by atoms with van der Waals surface area (Å²) in [6.45, 7) is 1.05. The van der Waals surface area contributed by atoms with Crippen molar-refractivity contribution in [1.29, 1.82) is 5.26 Å². The molecule has 4 amide bonds. The van der Waals surface area contributed by atoms with Gasteiger partial charge in [0.25, 0.3) is 23.6 Å². The first-order valence-corrected chi connectivity index (χ1v) is 19.3. The number of nitrogens with zero attached hydrogens (tertiary/aromatic N) is 1. The first kappa shape index (κ1) is 47.8. The molecule has 340 valence electrons. The lowest BCUT2D eigenvalue weighted by molar-refractivity contribution is -0.113. The van der Waals surface area contributed by atoms with E-state index in [0.717, 1.165) is 6.07 Å². The number of hydrogen-bond acceptors (Lipinski definition) is 15. The zero-order valence-electron chi connectivity index (χ0n) is 35.5. The lowest BCUT2D eigenvalue weighted by atomic mass is 9.96. The van der Waals surface area contributed by atoms with Crippen LogP contribution in [0.1, 0.15) is 60.3 Å². The molecule has 0 saturated heterocycles. The molecular formula is C46H42N6O14. The van der Waals surface area contributed by atoms with Gasteiger partial charge in [0.1, 0.15) is 17.6 Å². The van der Waals surface area contributed by atoms with E-state index in [1.807, 2.05) is 6.07 Å². The first-order chi connectivity index (χ1) is 31.5. The number of phenols is 4. The Morgan fingerprint density at radius 3 is 1.64 bits per heavy atom. The number of anilines is 4. The van der Waals surface area contributed by atoms with Gasteiger partial charge in [0, 0.05) is 17.8 Å². The fourth-order valence-electron chi connectivity index (χ4n) is 6.36. The highest BCUT2D eigenvalue weighted by molar-refractivity contribution is 6.11. The Hall–Kier alpha value is -9.25. The highest BCUT2D eigenvalue weighted by Crippen LogP contribution is 2.41. The molecular weight excluding hydrogens is 861 g/mol. The normalized spacial score (nSPS) is 11.7. The van der Waals surface area contributed by atoms with Crippen LogP contribution in [0, 0.1) is 11.3 Å². The fourth-order valence-corrected chi connectivity index (χ4v) is 6.36. The highest BCUT2D eigenvalue weighted by Gasteiger charge is 2.34. The minimum absolute atomic E-state index is 0.000560. The van der Waals surface area contributed by atoms with E-state index in [1.165, 1.54) is 95.0 Å². The number of rotatable bonds is 18. The van der Waals surface area contributed by atoms with Crippen molar-refractivity contribution >= 4 is 64.7 Å². The third-order valence-corrected chi connectivity index (χ3v) is 9.84. The molecule has 20 heteroatoms. The number of amides is 4. The fraction of sp³-hybridized carbons (Fsp3) is 0.152. The Balaban J connectivity index is 1.31. The summed E-state index contributed by atoms with van der Waals surface area (Å²) in [6.07, 6.45) is 1.28. The molecule has 0 saturated carbocycles. The largest absolute Gasteiger partial charge is 0.508 e. The second-order valence-electron chi connectivity index (χ2n) is 14.2. The Morgan fingerprint density at radius 2 is 1.14 bits per heavy atom. The van der Waals surface area contributed by atoms with Crippen molar-refractivity contribution in [2.45, 2.75) is 18.9 Å². The van der Waals surface area contributed by atoms with E-state index in [1.54, 1.807) is 18.2 Å². The number of aldehydes is 1. The van der Waals surface area contributed by atoms with E-state index in [0.29, 0.717) is 11.8 Å². The summed E-state index contributed by atoms with van der Waals surface area (Å²) in [4.78, 5) is 76.9. The minimum atomic E-state index is -1.96. The predicted octanol–water partition coefficient (Wildman–Crippen LogP) is 5.47. The number of carbonyl (C=O) groups excluding carboxylic acids is 5. The average molecular weight is 903 g/mol. The molecule has 1 atom stereocenters. The monoisotopic (exact) mass is 902 g/mol. The van der Waals surface area contributed by atoms with Crippen LogP contribution in [0.5, 0.6) is 40.2 Å². The second-order valence-corrected chi connectivity index (χ2v) is 14.2. The summed E-state index contributed by atoms with van der Waals surface area (Å²) in [6, 6.07) is 20.6. The third kappa shape index (κ3) is 10.7. The van der Waals surface area contributed by atoms with Gasteiger partial charge in [-0.1, -0.05) is 12.1 Å². The van der Waals surface area contributed by atoms with Crippen LogP contribution in [-0.4, -0.2) is 94.8 Å². The number of nitriles is 1.